The molecule has 0 bridgehead atoms. The lowest BCUT2D eigenvalue weighted by molar-refractivity contribution is 0.160. The lowest BCUT2D eigenvalue weighted by Crippen LogP contribution is -2.39. The van der Waals surface area contributed by atoms with E-state index in [2.05, 4.69) is 35.1 Å². The Kier molecular flexibility index (Phi) is 6.24. The molecule has 4 heteroatoms. The van der Waals surface area contributed by atoms with E-state index < -0.39 is 0 Å². The highest BCUT2D eigenvalue weighted by Crippen LogP contribution is 2.38. The van der Waals surface area contributed by atoms with Gasteiger partial charge in [-0.2, -0.15) is 5.10 Å². The summed E-state index contributed by atoms with van der Waals surface area (Å²) in [6.07, 6.45) is 8.96. The Morgan fingerprint density at radius 1 is 1.33 bits per heavy atom. The molecule has 0 amide bonds. The van der Waals surface area contributed by atoms with Gasteiger partial charge in [-0.05, 0) is 37.2 Å². The van der Waals surface area contributed by atoms with E-state index in [1.165, 1.54) is 43.5 Å². The van der Waals surface area contributed by atoms with Gasteiger partial charge in [0.15, 0.2) is 0 Å². The Morgan fingerprint density at radius 3 is 2.71 bits per heavy atom. The van der Waals surface area contributed by atoms with Gasteiger partial charge in [-0.25, -0.2) is 0 Å². The summed E-state index contributed by atoms with van der Waals surface area (Å²) >= 11 is 0. The molecular weight excluding hydrogens is 262 g/mol. The van der Waals surface area contributed by atoms with Gasteiger partial charge >= 0.3 is 0 Å². The molecule has 1 aromatic rings. The van der Waals surface area contributed by atoms with Crippen LogP contribution in [0.25, 0.3) is 0 Å². The summed E-state index contributed by atoms with van der Waals surface area (Å²) in [5, 5.41) is 8.21. The first-order chi connectivity index (χ1) is 10.2. The first kappa shape index (κ1) is 16.5. The molecule has 0 radical (unpaired) electrons. The summed E-state index contributed by atoms with van der Waals surface area (Å²) in [7, 11) is 3.85. The normalized spacial score (nSPS) is 18.0. The second-order valence-electron chi connectivity index (χ2n) is 6.51. The molecule has 1 N–H and O–H groups in total. The molecule has 0 aromatic carbocycles. The summed E-state index contributed by atoms with van der Waals surface area (Å²) in [6.45, 7) is 5.02. The van der Waals surface area contributed by atoms with Gasteiger partial charge in [-0.3, -0.25) is 4.68 Å². The van der Waals surface area contributed by atoms with E-state index in [1.807, 2.05) is 0 Å². The minimum absolute atomic E-state index is 0.408. The monoisotopic (exact) mass is 293 g/mol. The molecule has 120 valence electrons. The lowest BCUT2D eigenvalue weighted by Gasteiger charge is -2.37. The van der Waals surface area contributed by atoms with Gasteiger partial charge < -0.3 is 10.1 Å². The highest BCUT2D eigenvalue weighted by Gasteiger charge is 2.32. The summed E-state index contributed by atoms with van der Waals surface area (Å²) in [4.78, 5) is 0. The highest BCUT2D eigenvalue weighted by atomic mass is 16.5. The van der Waals surface area contributed by atoms with E-state index in [0.29, 0.717) is 5.41 Å². The molecule has 0 spiro atoms. The van der Waals surface area contributed by atoms with Crippen molar-refractivity contribution in [2.24, 2.45) is 12.5 Å². The Morgan fingerprint density at radius 2 is 2.10 bits per heavy atom. The molecule has 0 atom stereocenters. The topological polar surface area (TPSA) is 39.1 Å². The summed E-state index contributed by atoms with van der Waals surface area (Å²) in [5.41, 5.74) is 3.01. The van der Waals surface area contributed by atoms with Crippen LogP contribution in [-0.2, 0) is 24.6 Å². The van der Waals surface area contributed by atoms with E-state index in [0.717, 1.165) is 32.5 Å². The van der Waals surface area contributed by atoms with Crippen LogP contribution in [0.5, 0.6) is 0 Å². The largest absolute Gasteiger partial charge is 0.383 e. The maximum atomic E-state index is 5.14. The third-order valence-corrected chi connectivity index (χ3v) is 4.84. The molecule has 1 fully saturated rings. The van der Waals surface area contributed by atoms with Gasteiger partial charge in [0.2, 0.25) is 0 Å². The molecule has 21 heavy (non-hydrogen) atoms. The van der Waals surface area contributed by atoms with Crippen LogP contribution in [0.3, 0.4) is 0 Å². The van der Waals surface area contributed by atoms with Crippen LogP contribution in [0.4, 0.5) is 0 Å². The first-order valence-corrected chi connectivity index (χ1v) is 8.40. The maximum absolute atomic E-state index is 5.14. The number of nitrogens with zero attached hydrogens (tertiary/aromatic N) is 2. The van der Waals surface area contributed by atoms with Gasteiger partial charge in [-0.1, -0.05) is 26.2 Å². The number of aromatic nitrogens is 2. The van der Waals surface area contributed by atoms with E-state index >= 15 is 0 Å². The minimum Gasteiger partial charge on any atom is -0.383 e. The molecule has 1 aliphatic carbocycles. The third-order valence-electron chi connectivity index (χ3n) is 4.84. The number of nitrogens with one attached hydrogen (secondary N) is 1. The number of rotatable bonds is 8. The second kappa shape index (κ2) is 7.95. The average molecular weight is 293 g/mol. The number of ether oxygens (including phenoxy) is 1. The number of aryl methyl sites for hydroxylation is 2. The molecule has 1 saturated carbocycles. The molecule has 1 aliphatic rings. The Bertz CT molecular complexity index is 422. The summed E-state index contributed by atoms with van der Waals surface area (Å²) in [6, 6.07) is 2.30. The molecule has 0 saturated heterocycles. The molecule has 1 heterocycles. The Labute approximate surface area is 129 Å². The van der Waals surface area contributed by atoms with Gasteiger partial charge in [0.05, 0.1) is 12.3 Å². The molecule has 4 nitrogen and oxygen atoms in total. The van der Waals surface area contributed by atoms with Crippen molar-refractivity contribution in [1.29, 1.82) is 0 Å². The number of hydrogen-bond donors (Lipinski definition) is 1. The van der Waals surface area contributed by atoms with Gasteiger partial charge in [0, 0.05) is 32.9 Å². The fraction of sp³-hybridized carbons (Fsp3) is 0.824. The Balaban J connectivity index is 2.02. The van der Waals surface area contributed by atoms with Crippen LogP contribution >= 0.6 is 0 Å². The van der Waals surface area contributed by atoms with Crippen molar-refractivity contribution in [2.45, 2.75) is 51.9 Å². The van der Waals surface area contributed by atoms with E-state index in [9.17, 15) is 0 Å². The van der Waals surface area contributed by atoms with Gasteiger partial charge in [-0.15, -0.1) is 0 Å². The molecule has 0 unspecified atom stereocenters. The third kappa shape index (κ3) is 4.55. The number of methoxy groups -OCH3 is 1. The summed E-state index contributed by atoms with van der Waals surface area (Å²) < 4.78 is 7.23. The zero-order valence-corrected chi connectivity index (χ0v) is 14.0. The maximum Gasteiger partial charge on any atom is 0.0624 e. The van der Waals surface area contributed by atoms with Crippen molar-refractivity contribution in [3.8, 4) is 0 Å². The predicted octanol–water partition coefficient (Wildman–Crippen LogP) is 2.71. The van der Waals surface area contributed by atoms with Crippen LogP contribution in [0, 0.1) is 5.41 Å². The fourth-order valence-electron chi connectivity index (χ4n) is 3.54. The van der Waals surface area contributed by atoms with Crippen molar-refractivity contribution in [2.75, 3.05) is 26.8 Å². The van der Waals surface area contributed by atoms with Crippen molar-refractivity contribution in [1.82, 2.24) is 15.1 Å². The molecule has 0 aliphatic heterocycles. The van der Waals surface area contributed by atoms with Gasteiger partial charge in [0.25, 0.3) is 0 Å². The van der Waals surface area contributed by atoms with Crippen molar-refractivity contribution >= 4 is 0 Å². The van der Waals surface area contributed by atoms with Crippen LogP contribution in [0.1, 0.15) is 50.4 Å². The minimum atomic E-state index is 0.408. The van der Waals surface area contributed by atoms with Crippen LogP contribution < -0.4 is 5.32 Å². The van der Waals surface area contributed by atoms with Crippen molar-refractivity contribution in [3.05, 3.63) is 17.5 Å². The smallest absolute Gasteiger partial charge is 0.0624 e. The zero-order valence-electron chi connectivity index (χ0n) is 14.0. The van der Waals surface area contributed by atoms with E-state index in [-0.39, 0.29) is 0 Å². The Hall–Kier alpha value is -0.870. The SMILES string of the molecule is CCc1cc(CC2(CNCCOC)CCCCC2)n(C)n1. The van der Waals surface area contributed by atoms with Crippen LogP contribution in [-0.4, -0.2) is 36.6 Å². The molecule has 2 rings (SSSR count). The standard InChI is InChI=1S/C17H31N3O/c1-4-15-12-16(20(2)19-15)13-17(8-6-5-7-9-17)14-18-10-11-21-3/h12,18H,4-11,13-14H2,1-3H3. The van der Waals surface area contributed by atoms with Crippen molar-refractivity contribution in [3.63, 3.8) is 0 Å². The summed E-state index contributed by atoms with van der Waals surface area (Å²) in [5.74, 6) is 0. The fourth-order valence-corrected chi connectivity index (χ4v) is 3.54. The van der Waals surface area contributed by atoms with Gasteiger partial charge in [0.1, 0.15) is 0 Å². The highest BCUT2D eigenvalue weighted by molar-refractivity contribution is 5.13. The first-order valence-electron chi connectivity index (χ1n) is 8.40. The molecular formula is C17H31N3O. The van der Waals surface area contributed by atoms with E-state index in [1.54, 1.807) is 7.11 Å². The lowest BCUT2D eigenvalue weighted by atomic mass is 9.71. The zero-order chi connectivity index (χ0) is 15.1. The van der Waals surface area contributed by atoms with Crippen LogP contribution in [0.2, 0.25) is 0 Å². The van der Waals surface area contributed by atoms with E-state index in [4.69, 9.17) is 4.74 Å². The quantitative estimate of drug-likeness (QED) is 0.749. The second-order valence-corrected chi connectivity index (χ2v) is 6.51. The predicted molar refractivity (Wildman–Crippen MR) is 86.6 cm³/mol. The number of hydrogen-bond acceptors (Lipinski definition) is 3. The van der Waals surface area contributed by atoms with Crippen molar-refractivity contribution < 1.29 is 4.74 Å². The molecule has 1 aromatic heterocycles. The average Bonchev–Trinajstić information content (AvgIpc) is 2.85. The van der Waals surface area contributed by atoms with Crippen LogP contribution in [0.15, 0.2) is 6.07 Å².